The highest BCUT2D eigenvalue weighted by Gasteiger charge is 2.46. The van der Waals surface area contributed by atoms with Crippen molar-refractivity contribution in [3.8, 4) is 0 Å². The number of imidazole rings is 1. The van der Waals surface area contributed by atoms with Crippen molar-refractivity contribution in [2.45, 2.75) is 45.8 Å². The van der Waals surface area contributed by atoms with Gasteiger partial charge in [0.2, 0.25) is 0 Å². The lowest BCUT2D eigenvalue weighted by molar-refractivity contribution is -0.0810. The van der Waals surface area contributed by atoms with Crippen LogP contribution in [0.15, 0.2) is 30.5 Å². The fourth-order valence-corrected chi connectivity index (χ4v) is 4.83. The fourth-order valence-electron chi connectivity index (χ4n) is 4.83. The van der Waals surface area contributed by atoms with Crippen molar-refractivity contribution < 1.29 is 9.90 Å². The van der Waals surface area contributed by atoms with E-state index in [0.717, 1.165) is 68.1 Å². The molecule has 0 radical (unpaired) electrons. The predicted molar refractivity (Wildman–Crippen MR) is 108 cm³/mol. The topological polar surface area (TPSA) is 72.5 Å². The van der Waals surface area contributed by atoms with Gasteiger partial charge < -0.3 is 15.0 Å². The smallest absolute Gasteiger partial charge is 0.253 e. The number of nitrogens with one attached hydrogen (secondary N) is 1. The van der Waals surface area contributed by atoms with Gasteiger partial charge in [0.15, 0.2) is 0 Å². The van der Waals surface area contributed by atoms with Crippen LogP contribution in [0.25, 0.3) is 0 Å². The summed E-state index contributed by atoms with van der Waals surface area (Å²) in [5, 5.41) is 10.9. The van der Waals surface area contributed by atoms with Crippen LogP contribution < -0.4 is 0 Å². The molecule has 4 rings (SSSR count). The molecule has 2 aromatic rings. The molecule has 28 heavy (non-hydrogen) atoms. The molecule has 2 saturated heterocycles. The third kappa shape index (κ3) is 3.84. The third-order valence-electron chi connectivity index (χ3n) is 6.25. The average molecular weight is 383 g/mol. The number of hydrogen-bond donors (Lipinski definition) is 2. The standard InChI is InChI=1S/C22H30N4O2/c1-16-5-3-6-18(11-16)21(28)26-9-4-8-22(15-26)14-25(10-7-19(22)27)13-20-23-12-17(2)24-20/h3,5-6,11-12,19,27H,4,7-10,13-15H2,1-2H3,(H,23,24)/t19?,22-/m1/s1. The Morgan fingerprint density at radius 3 is 2.93 bits per heavy atom. The van der Waals surface area contributed by atoms with Crippen LogP contribution >= 0.6 is 0 Å². The maximum absolute atomic E-state index is 13.1. The maximum Gasteiger partial charge on any atom is 0.253 e. The number of piperidine rings is 2. The van der Waals surface area contributed by atoms with Crippen LogP contribution in [0.5, 0.6) is 0 Å². The van der Waals surface area contributed by atoms with Gasteiger partial charge in [0, 0.05) is 49.0 Å². The summed E-state index contributed by atoms with van der Waals surface area (Å²) in [7, 11) is 0. The molecule has 3 heterocycles. The van der Waals surface area contributed by atoms with E-state index in [0.29, 0.717) is 6.54 Å². The molecule has 150 valence electrons. The van der Waals surface area contributed by atoms with E-state index in [-0.39, 0.29) is 17.4 Å². The van der Waals surface area contributed by atoms with Crippen LogP contribution in [-0.4, -0.2) is 63.1 Å². The highest BCUT2D eigenvalue weighted by Crippen LogP contribution is 2.39. The predicted octanol–water partition coefficient (Wildman–Crippen LogP) is 2.52. The van der Waals surface area contributed by atoms with Gasteiger partial charge in [0.1, 0.15) is 5.82 Å². The van der Waals surface area contributed by atoms with Gasteiger partial charge in [-0.25, -0.2) is 4.98 Å². The molecule has 2 aliphatic heterocycles. The number of aliphatic hydroxyl groups excluding tert-OH is 1. The molecule has 1 aromatic carbocycles. The Morgan fingerprint density at radius 1 is 1.32 bits per heavy atom. The minimum atomic E-state index is -0.366. The molecule has 1 spiro atoms. The van der Waals surface area contributed by atoms with Gasteiger partial charge >= 0.3 is 0 Å². The lowest BCUT2D eigenvalue weighted by atomic mass is 9.71. The van der Waals surface area contributed by atoms with Crippen molar-refractivity contribution >= 4 is 5.91 Å². The van der Waals surface area contributed by atoms with E-state index in [4.69, 9.17) is 0 Å². The van der Waals surface area contributed by atoms with E-state index in [1.807, 2.05) is 49.2 Å². The molecule has 2 atom stereocenters. The molecular weight excluding hydrogens is 352 g/mol. The average Bonchev–Trinajstić information content (AvgIpc) is 3.09. The van der Waals surface area contributed by atoms with E-state index in [1.54, 1.807) is 0 Å². The van der Waals surface area contributed by atoms with Crippen molar-refractivity contribution in [1.82, 2.24) is 19.8 Å². The molecule has 2 N–H and O–H groups in total. The maximum atomic E-state index is 13.1. The SMILES string of the molecule is Cc1cccc(C(=O)N2CCC[C@@]3(CN(Cc4ncc(C)[nH]4)CCC3O)C2)c1. The summed E-state index contributed by atoms with van der Waals surface area (Å²) >= 11 is 0. The number of aryl methyl sites for hydroxylation is 2. The van der Waals surface area contributed by atoms with Gasteiger partial charge in [-0.2, -0.15) is 0 Å². The van der Waals surface area contributed by atoms with Crippen molar-refractivity contribution in [2.75, 3.05) is 26.2 Å². The Kier molecular flexibility index (Phi) is 5.25. The van der Waals surface area contributed by atoms with Crippen LogP contribution in [0.2, 0.25) is 0 Å². The first-order chi connectivity index (χ1) is 13.4. The Morgan fingerprint density at radius 2 is 2.18 bits per heavy atom. The first-order valence-electron chi connectivity index (χ1n) is 10.2. The summed E-state index contributed by atoms with van der Waals surface area (Å²) < 4.78 is 0. The minimum Gasteiger partial charge on any atom is -0.392 e. The molecular formula is C22H30N4O2. The van der Waals surface area contributed by atoms with Crippen molar-refractivity contribution in [3.63, 3.8) is 0 Å². The lowest BCUT2D eigenvalue weighted by Crippen LogP contribution is -2.59. The fraction of sp³-hybridized carbons (Fsp3) is 0.545. The number of carbonyl (C=O) groups excluding carboxylic acids is 1. The van der Waals surface area contributed by atoms with Gasteiger partial charge in [-0.05, 0) is 45.2 Å². The van der Waals surface area contributed by atoms with E-state index in [9.17, 15) is 9.90 Å². The van der Waals surface area contributed by atoms with Gasteiger partial charge in [-0.3, -0.25) is 9.69 Å². The molecule has 1 aromatic heterocycles. The molecule has 2 aliphatic rings. The van der Waals surface area contributed by atoms with E-state index >= 15 is 0 Å². The molecule has 0 bridgehead atoms. The van der Waals surface area contributed by atoms with Crippen molar-refractivity contribution in [1.29, 1.82) is 0 Å². The van der Waals surface area contributed by atoms with Crippen LogP contribution in [-0.2, 0) is 6.54 Å². The molecule has 6 nitrogen and oxygen atoms in total. The Labute approximate surface area is 166 Å². The van der Waals surface area contributed by atoms with Gasteiger partial charge in [0.25, 0.3) is 5.91 Å². The largest absolute Gasteiger partial charge is 0.392 e. The van der Waals surface area contributed by atoms with Gasteiger partial charge in [-0.1, -0.05) is 17.7 Å². The first kappa shape index (κ1) is 19.2. The summed E-state index contributed by atoms with van der Waals surface area (Å²) in [5.41, 5.74) is 2.65. The molecule has 0 saturated carbocycles. The second-order valence-corrected chi connectivity index (χ2v) is 8.59. The normalized spacial score (nSPS) is 26.0. The summed E-state index contributed by atoms with van der Waals surface area (Å²) in [6, 6.07) is 7.78. The number of benzene rings is 1. The van der Waals surface area contributed by atoms with Crippen LogP contribution in [0.4, 0.5) is 0 Å². The second kappa shape index (κ2) is 7.68. The zero-order valence-electron chi connectivity index (χ0n) is 16.8. The summed E-state index contributed by atoms with van der Waals surface area (Å²) in [4.78, 5) is 25.1. The monoisotopic (exact) mass is 382 g/mol. The summed E-state index contributed by atoms with van der Waals surface area (Å²) in [5.74, 6) is 1.04. The Balaban J connectivity index is 1.49. The van der Waals surface area contributed by atoms with E-state index in [2.05, 4.69) is 14.9 Å². The number of aromatic nitrogens is 2. The van der Waals surface area contributed by atoms with E-state index in [1.165, 1.54) is 0 Å². The Bertz CT molecular complexity index is 849. The van der Waals surface area contributed by atoms with Crippen LogP contribution in [0.3, 0.4) is 0 Å². The van der Waals surface area contributed by atoms with E-state index < -0.39 is 0 Å². The van der Waals surface area contributed by atoms with Crippen molar-refractivity contribution in [2.24, 2.45) is 5.41 Å². The number of aliphatic hydroxyl groups is 1. The number of aromatic amines is 1. The number of rotatable bonds is 3. The molecule has 0 aliphatic carbocycles. The van der Waals surface area contributed by atoms with Gasteiger partial charge in [0.05, 0.1) is 12.6 Å². The number of H-pyrrole nitrogens is 1. The first-order valence-corrected chi connectivity index (χ1v) is 10.2. The highest BCUT2D eigenvalue weighted by atomic mass is 16.3. The molecule has 6 heteroatoms. The lowest BCUT2D eigenvalue weighted by Gasteiger charge is -2.51. The molecule has 2 fully saturated rings. The summed E-state index contributed by atoms with van der Waals surface area (Å²) in [6.45, 7) is 7.81. The van der Waals surface area contributed by atoms with Gasteiger partial charge in [-0.15, -0.1) is 0 Å². The van der Waals surface area contributed by atoms with Crippen molar-refractivity contribution in [3.05, 3.63) is 53.1 Å². The number of nitrogens with zero attached hydrogens (tertiary/aromatic N) is 3. The minimum absolute atomic E-state index is 0.0776. The number of carbonyl (C=O) groups is 1. The number of hydrogen-bond acceptors (Lipinski definition) is 4. The molecule has 1 unspecified atom stereocenters. The number of likely N-dealkylation sites (tertiary alicyclic amines) is 2. The molecule has 1 amide bonds. The highest BCUT2D eigenvalue weighted by molar-refractivity contribution is 5.94. The van der Waals surface area contributed by atoms with Crippen LogP contribution in [0.1, 0.15) is 46.7 Å². The van der Waals surface area contributed by atoms with Crippen LogP contribution in [0, 0.1) is 19.3 Å². The third-order valence-corrected chi connectivity index (χ3v) is 6.25. The number of amides is 1. The zero-order valence-corrected chi connectivity index (χ0v) is 16.8. The second-order valence-electron chi connectivity index (χ2n) is 8.59. The zero-order chi connectivity index (χ0) is 19.7. The Hall–Kier alpha value is -2.18. The quantitative estimate of drug-likeness (QED) is 0.856. The summed E-state index contributed by atoms with van der Waals surface area (Å²) in [6.07, 6.45) is 4.12.